The van der Waals surface area contributed by atoms with Crippen molar-refractivity contribution in [1.82, 2.24) is 0 Å². The summed E-state index contributed by atoms with van der Waals surface area (Å²) >= 11 is 5.27. The molecule has 3 atom stereocenters. The topological polar surface area (TPSA) is 72.8 Å². The van der Waals surface area contributed by atoms with E-state index in [4.69, 9.17) is 16.3 Å². The van der Waals surface area contributed by atoms with Crippen LogP contribution in [0.2, 0.25) is 0 Å². The lowest BCUT2D eigenvalue weighted by atomic mass is 9.68. The second kappa shape index (κ2) is 4.88. The van der Waals surface area contributed by atoms with Crippen LogP contribution in [0.4, 0.5) is 0 Å². The van der Waals surface area contributed by atoms with E-state index in [0.29, 0.717) is 12.3 Å². The summed E-state index contributed by atoms with van der Waals surface area (Å²) in [4.78, 5) is 22.7. The van der Waals surface area contributed by atoms with Gasteiger partial charge in [0.15, 0.2) is 6.61 Å². The Morgan fingerprint density at radius 1 is 1.30 bits per heavy atom. The van der Waals surface area contributed by atoms with Gasteiger partial charge in [0.25, 0.3) is 0 Å². The number of fused-ring (bicyclic) bond motifs is 2. The zero-order chi connectivity index (χ0) is 15.2. The average Bonchev–Trinajstić information content (AvgIpc) is 2.67. The van der Waals surface area contributed by atoms with Gasteiger partial charge in [-0.15, -0.1) is 11.6 Å². The van der Waals surface area contributed by atoms with Crippen LogP contribution in [0, 0.1) is 16.7 Å². The molecule has 2 rings (SSSR count). The molecule has 2 saturated carbocycles. The Bertz CT molecular complexity index is 435. The van der Waals surface area contributed by atoms with Crippen LogP contribution in [-0.4, -0.2) is 35.3 Å². The normalized spacial score (nSPS) is 37.8. The van der Waals surface area contributed by atoms with Crippen molar-refractivity contribution in [3.8, 4) is 0 Å². The minimum absolute atomic E-state index is 0.0884. The van der Waals surface area contributed by atoms with Gasteiger partial charge in [-0.25, -0.2) is 4.79 Å². The molecule has 0 amide bonds. The summed E-state index contributed by atoms with van der Waals surface area (Å²) in [7, 11) is 0. The highest BCUT2D eigenvalue weighted by Crippen LogP contribution is 2.69. The second-order valence-electron chi connectivity index (χ2n) is 6.55. The molecule has 0 heterocycles. The molecule has 0 aliphatic heterocycles. The van der Waals surface area contributed by atoms with E-state index >= 15 is 0 Å². The maximum atomic E-state index is 11.8. The summed E-state index contributed by atoms with van der Waals surface area (Å²) in [6, 6.07) is 0. The molecule has 2 fully saturated rings. The van der Waals surface area contributed by atoms with Crippen molar-refractivity contribution in [3.63, 3.8) is 0 Å². The van der Waals surface area contributed by atoms with Gasteiger partial charge >= 0.3 is 11.9 Å². The minimum Gasteiger partial charge on any atom is -0.453 e. The highest BCUT2D eigenvalue weighted by molar-refractivity contribution is 6.26. The van der Waals surface area contributed by atoms with Crippen molar-refractivity contribution in [2.45, 2.75) is 45.8 Å². The van der Waals surface area contributed by atoms with Crippen molar-refractivity contribution < 1.29 is 24.2 Å². The van der Waals surface area contributed by atoms with Crippen LogP contribution in [0.15, 0.2) is 0 Å². The van der Waals surface area contributed by atoms with Gasteiger partial charge < -0.3 is 14.6 Å². The Kier molecular flexibility index (Phi) is 3.80. The van der Waals surface area contributed by atoms with Crippen molar-refractivity contribution in [1.29, 1.82) is 0 Å². The molecule has 2 aliphatic carbocycles. The third-order valence-electron chi connectivity index (χ3n) is 5.56. The molecule has 114 valence electrons. The van der Waals surface area contributed by atoms with E-state index in [0.717, 1.165) is 12.8 Å². The lowest BCUT2D eigenvalue weighted by Gasteiger charge is -2.43. The molecule has 0 aromatic heterocycles. The fraction of sp³-hybridized carbons (Fsp3) is 0.857. The summed E-state index contributed by atoms with van der Waals surface area (Å²) in [5, 5.41) is 10.8. The van der Waals surface area contributed by atoms with Crippen LogP contribution in [0.1, 0.15) is 40.0 Å². The molecule has 0 aromatic carbocycles. The van der Waals surface area contributed by atoms with Gasteiger partial charge in [-0.1, -0.05) is 20.8 Å². The van der Waals surface area contributed by atoms with Crippen molar-refractivity contribution in [2.75, 3.05) is 12.5 Å². The van der Waals surface area contributed by atoms with E-state index in [-0.39, 0.29) is 11.3 Å². The molecule has 0 saturated heterocycles. The summed E-state index contributed by atoms with van der Waals surface area (Å²) in [5.74, 6) is -2.89. The molecule has 2 aliphatic rings. The Balaban J connectivity index is 2.03. The average molecular weight is 305 g/mol. The zero-order valence-corrected chi connectivity index (χ0v) is 12.8. The number of hydrogen-bond donors (Lipinski definition) is 1. The summed E-state index contributed by atoms with van der Waals surface area (Å²) in [6.07, 6.45) is 2.28. The van der Waals surface area contributed by atoms with Gasteiger partial charge in [-0.05, 0) is 24.2 Å². The second-order valence-corrected chi connectivity index (χ2v) is 6.81. The number of alkyl halides is 1. The first-order chi connectivity index (χ1) is 9.16. The highest BCUT2D eigenvalue weighted by atomic mass is 35.5. The Morgan fingerprint density at radius 2 is 1.95 bits per heavy atom. The molecule has 20 heavy (non-hydrogen) atoms. The van der Waals surface area contributed by atoms with Gasteiger partial charge in [-0.3, -0.25) is 4.79 Å². The van der Waals surface area contributed by atoms with Crippen LogP contribution in [0.25, 0.3) is 0 Å². The molecule has 6 heteroatoms. The predicted octanol–water partition coefficient (Wildman–Crippen LogP) is 1.85. The van der Waals surface area contributed by atoms with E-state index in [2.05, 4.69) is 18.6 Å². The SMILES string of the molecule is CC1(C)C2CCC1(C)C(O)(OC(=O)COC(=O)CCl)C2. The molecule has 0 spiro atoms. The largest absolute Gasteiger partial charge is 0.453 e. The molecule has 3 unspecified atom stereocenters. The Morgan fingerprint density at radius 3 is 2.40 bits per heavy atom. The lowest BCUT2D eigenvalue weighted by Crippen LogP contribution is -2.50. The molecule has 5 nitrogen and oxygen atoms in total. The molecule has 1 N–H and O–H groups in total. The first kappa shape index (κ1) is 15.6. The number of esters is 2. The number of ether oxygens (including phenoxy) is 2. The van der Waals surface area contributed by atoms with Crippen molar-refractivity contribution in [3.05, 3.63) is 0 Å². The lowest BCUT2D eigenvalue weighted by molar-refractivity contribution is -0.262. The minimum atomic E-state index is -1.48. The van der Waals surface area contributed by atoms with Gasteiger partial charge in [0.1, 0.15) is 5.88 Å². The third kappa shape index (κ3) is 2.11. The standard InChI is InChI=1S/C14H21ClO5/c1-12(2)9-4-5-13(12,3)14(18,6-9)20-11(17)8-19-10(16)7-15/h9,18H,4-8H2,1-3H3. The van der Waals surface area contributed by atoms with Crippen LogP contribution in [0.5, 0.6) is 0 Å². The number of halogens is 1. The fourth-order valence-corrected chi connectivity index (χ4v) is 3.84. The first-order valence-corrected chi connectivity index (χ1v) is 7.35. The zero-order valence-electron chi connectivity index (χ0n) is 12.1. The number of hydrogen-bond acceptors (Lipinski definition) is 5. The first-order valence-electron chi connectivity index (χ1n) is 6.82. The van der Waals surface area contributed by atoms with E-state index in [9.17, 15) is 14.7 Å². The quantitative estimate of drug-likeness (QED) is 0.487. The molecule has 2 bridgehead atoms. The molecule has 0 radical (unpaired) electrons. The van der Waals surface area contributed by atoms with E-state index in [1.807, 2.05) is 6.92 Å². The summed E-state index contributed by atoms with van der Waals surface area (Å²) in [5.41, 5.74) is -0.564. The monoisotopic (exact) mass is 304 g/mol. The van der Waals surface area contributed by atoms with Gasteiger partial charge in [0.2, 0.25) is 5.79 Å². The maximum absolute atomic E-state index is 11.8. The highest BCUT2D eigenvalue weighted by Gasteiger charge is 2.70. The van der Waals surface area contributed by atoms with Crippen LogP contribution >= 0.6 is 11.6 Å². The van der Waals surface area contributed by atoms with Crippen molar-refractivity contribution >= 4 is 23.5 Å². The fourth-order valence-electron chi connectivity index (χ4n) is 3.76. The number of carbonyl (C=O) groups excluding carboxylic acids is 2. The predicted molar refractivity (Wildman–Crippen MR) is 71.9 cm³/mol. The van der Waals surface area contributed by atoms with E-state index in [1.165, 1.54) is 0 Å². The maximum Gasteiger partial charge on any atom is 0.346 e. The Hall–Kier alpha value is -0.810. The Labute approximate surface area is 123 Å². The van der Waals surface area contributed by atoms with Gasteiger partial charge in [-0.2, -0.15) is 0 Å². The smallest absolute Gasteiger partial charge is 0.346 e. The number of rotatable bonds is 4. The molecular formula is C14H21ClO5. The third-order valence-corrected chi connectivity index (χ3v) is 5.78. The van der Waals surface area contributed by atoms with Gasteiger partial charge in [0.05, 0.1) is 0 Å². The molecule has 0 aromatic rings. The number of carbonyl (C=O) groups is 2. The van der Waals surface area contributed by atoms with Crippen LogP contribution in [0.3, 0.4) is 0 Å². The molecular weight excluding hydrogens is 284 g/mol. The van der Waals surface area contributed by atoms with E-state index in [1.54, 1.807) is 0 Å². The van der Waals surface area contributed by atoms with Crippen molar-refractivity contribution in [2.24, 2.45) is 16.7 Å². The number of aliphatic hydroxyl groups is 1. The summed E-state index contributed by atoms with van der Waals surface area (Å²) in [6.45, 7) is 5.64. The van der Waals surface area contributed by atoms with Crippen LogP contribution < -0.4 is 0 Å². The van der Waals surface area contributed by atoms with E-state index < -0.39 is 29.7 Å². The van der Waals surface area contributed by atoms with Crippen LogP contribution in [-0.2, 0) is 19.1 Å². The summed E-state index contributed by atoms with van der Waals surface area (Å²) < 4.78 is 9.88. The van der Waals surface area contributed by atoms with Gasteiger partial charge in [0, 0.05) is 11.8 Å².